The van der Waals surface area contributed by atoms with Crippen LogP contribution < -0.4 is 4.90 Å². The van der Waals surface area contributed by atoms with Crippen LogP contribution in [-0.2, 0) is 16.9 Å². The summed E-state index contributed by atoms with van der Waals surface area (Å²) in [6.45, 7) is 6.00. The van der Waals surface area contributed by atoms with Crippen LogP contribution in [0.4, 0.5) is 11.6 Å². The van der Waals surface area contributed by atoms with Crippen molar-refractivity contribution in [2.75, 3.05) is 18.6 Å². The maximum absolute atomic E-state index is 6.60. The van der Waals surface area contributed by atoms with Crippen LogP contribution in [0.5, 0.6) is 0 Å². The third-order valence-corrected chi connectivity index (χ3v) is 6.90. The van der Waals surface area contributed by atoms with Gasteiger partial charge in [0.25, 0.3) is 0 Å². The number of halogens is 3. The summed E-state index contributed by atoms with van der Waals surface area (Å²) in [4.78, 5) is 7.11. The molecular formula is C22H24Cl3N3O. The van der Waals surface area contributed by atoms with Crippen molar-refractivity contribution in [2.24, 2.45) is 0 Å². The number of ether oxygens (including phenoxy) is 1. The van der Waals surface area contributed by atoms with Crippen molar-refractivity contribution >= 4 is 57.5 Å². The fraction of sp³-hybridized carbons (Fsp3) is 0.409. The quantitative estimate of drug-likeness (QED) is 0.410. The van der Waals surface area contributed by atoms with Gasteiger partial charge in [0.15, 0.2) is 0 Å². The highest BCUT2D eigenvalue weighted by Crippen LogP contribution is 2.43. The van der Waals surface area contributed by atoms with E-state index in [2.05, 4.69) is 29.4 Å². The summed E-state index contributed by atoms with van der Waals surface area (Å²) < 4.78 is 8.29. The Morgan fingerprint density at radius 2 is 1.79 bits per heavy atom. The number of hydrogen-bond donors (Lipinski definition) is 0. The Balaban J connectivity index is 1.98. The predicted molar refractivity (Wildman–Crippen MR) is 122 cm³/mol. The summed E-state index contributed by atoms with van der Waals surface area (Å²) in [5.41, 5.74) is 3.51. The molecule has 0 aliphatic carbocycles. The summed E-state index contributed by atoms with van der Waals surface area (Å²) >= 11 is 19.2. The molecule has 0 saturated heterocycles. The van der Waals surface area contributed by atoms with Gasteiger partial charge in [-0.2, -0.15) is 0 Å². The lowest BCUT2D eigenvalue weighted by atomic mass is 9.87. The molecule has 4 rings (SSSR count). The van der Waals surface area contributed by atoms with Crippen LogP contribution in [0.2, 0.25) is 15.1 Å². The van der Waals surface area contributed by atoms with Gasteiger partial charge < -0.3 is 14.2 Å². The van der Waals surface area contributed by atoms with Gasteiger partial charge in [-0.1, -0.05) is 54.7 Å². The standard InChI is InChI=1S/C22H24Cl3N3O/c1-4-22(5-2,29-3)15-8-9-16(24)19-20(15)28-12-6-11-27(21(28)26-19)18-10-7-14(23)13-17(18)25/h7-10,13H,4-6,11-12H2,1-3H3. The molecule has 1 aromatic heterocycles. The average Bonchev–Trinajstić information content (AvgIpc) is 3.12. The minimum atomic E-state index is -0.375. The minimum Gasteiger partial charge on any atom is -0.373 e. The zero-order valence-corrected chi connectivity index (χ0v) is 19.1. The Hall–Kier alpha value is -1.46. The first kappa shape index (κ1) is 20.8. The molecular weight excluding hydrogens is 429 g/mol. The molecule has 0 unspecified atom stereocenters. The van der Waals surface area contributed by atoms with Gasteiger partial charge in [0.05, 0.1) is 26.9 Å². The predicted octanol–water partition coefficient (Wildman–Crippen LogP) is 7.20. The monoisotopic (exact) mass is 451 g/mol. The molecule has 0 amide bonds. The van der Waals surface area contributed by atoms with Crippen molar-refractivity contribution in [3.8, 4) is 0 Å². The van der Waals surface area contributed by atoms with Crippen LogP contribution >= 0.6 is 34.8 Å². The van der Waals surface area contributed by atoms with Crippen molar-refractivity contribution < 1.29 is 4.74 Å². The highest BCUT2D eigenvalue weighted by atomic mass is 35.5. The smallest absolute Gasteiger partial charge is 0.211 e. The molecule has 0 saturated carbocycles. The van der Waals surface area contributed by atoms with Crippen molar-refractivity contribution in [3.05, 3.63) is 51.0 Å². The summed E-state index contributed by atoms with van der Waals surface area (Å²) in [5.74, 6) is 0.849. The molecule has 0 spiro atoms. The van der Waals surface area contributed by atoms with Gasteiger partial charge in [-0.25, -0.2) is 4.98 Å². The van der Waals surface area contributed by atoms with E-state index in [4.69, 9.17) is 44.5 Å². The Morgan fingerprint density at radius 1 is 1.03 bits per heavy atom. The van der Waals surface area contributed by atoms with Gasteiger partial charge in [-0.15, -0.1) is 0 Å². The van der Waals surface area contributed by atoms with E-state index in [0.29, 0.717) is 15.1 Å². The molecule has 4 nitrogen and oxygen atoms in total. The van der Waals surface area contributed by atoms with Crippen LogP contribution in [0.25, 0.3) is 11.0 Å². The Bertz CT molecular complexity index is 1050. The SMILES string of the molecule is CCC(CC)(OC)c1ccc(Cl)c2nc3n(c12)CCCN3c1ccc(Cl)cc1Cl. The van der Waals surface area contributed by atoms with Gasteiger partial charge >= 0.3 is 0 Å². The molecule has 1 aliphatic rings. The van der Waals surface area contributed by atoms with E-state index >= 15 is 0 Å². The van der Waals surface area contributed by atoms with E-state index in [9.17, 15) is 0 Å². The molecule has 2 heterocycles. The maximum atomic E-state index is 6.60. The first-order chi connectivity index (χ1) is 14.0. The second kappa shape index (κ2) is 7.99. The van der Waals surface area contributed by atoms with Gasteiger partial charge in [-0.3, -0.25) is 0 Å². The van der Waals surface area contributed by atoms with Gasteiger partial charge in [-0.05, 0) is 43.5 Å². The number of imidazole rings is 1. The Morgan fingerprint density at radius 3 is 2.45 bits per heavy atom. The fourth-order valence-electron chi connectivity index (χ4n) is 4.43. The van der Waals surface area contributed by atoms with Crippen molar-refractivity contribution in [1.29, 1.82) is 0 Å². The summed E-state index contributed by atoms with van der Waals surface area (Å²) in [6, 6.07) is 9.58. The lowest BCUT2D eigenvalue weighted by Gasteiger charge is -2.33. The number of benzene rings is 2. The molecule has 2 aromatic carbocycles. The topological polar surface area (TPSA) is 30.3 Å². The second-order valence-electron chi connectivity index (χ2n) is 7.36. The van der Waals surface area contributed by atoms with Crippen molar-refractivity contribution in [3.63, 3.8) is 0 Å². The van der Waals surface area contributed by atoms with E-state index in [1.807, 2.05) is 18.2 Å². The normalized spacial score (nSPS) is 14.5. The van der Waals surface area contributed by atoms with E-state index in [-0.39, 0.29) is 5.60 Å². The van der Waals surface area contributed by atoms with Crippen LogP contribution in [0, 0.1) is 0 Å². The number of rotatable bonds is 5. The molecule has 0 atom stereocenters. The summed E-state index contributed by atoms with van der Waals surface area (Å²) in [6.07, 6.45) is 2.70. The first-order valence-corrected chi connectivity index (χ1v) is 11.1. The second-order valence-corrected chi connectivity index (χ2v) is 8.61. The average molecular weight is 453 g/mol. The third-order valence-electron chi connectivity index (χ3n) is 6.05. The van der Waals surface area contributed by atoms with Crippen LogP contribution in [0.1, 0.15) is 38.7 Å². The van der Waals surface area contributed by atoms with Gasteiger partial charge in [0, 0.05) is 30.8 Å². The Labute approximate surface area is 186 Å². The van der Waals surface area contributed by atoms with E-state index < -0.39 is 0 Å². The van der Waals surface area contributed by atoms with E-state index in [1.54, 1.807) is 13.2 Å². The number of aryl methyl sites for hydroxylation is 1. The van der Waals surface area contributed by atoms with Crippen LogP contribution in [0.15, 0.2) is 30.3 Å². The van der Waals surface area contributed by atoms with Gasteiger partial charge in [0.2, 0.25) is 5.95 Å². The molecule has 154 valence electrons. The molecule has 0 fully saturated rings. The van der Waals surface area contributed by atoms with E-state index in [0.717, 1.165) is 60.6 Å². The lowest BCUT2D eigenvalue weighted by molar-refractivity contribution is -0.0207. The number of aromatic nitrogens is 2. The fourth-order valence-corrected chi connectivity index (χ4v) is 5.13. The first-order valence-electron chi connectivity index (χ1n) is 9.92. The molecule has 0 N–H and O–H groups in total. The number of hydrogen-bond acceptors (Lipinski definition) is 3. The highest BCUT2D eigenvalue weighted by Gasteiger charge is 2.34. The van der Waals surface area contributed by atoms with E-state index in [1.165, 1.54) is 0 Å². The molecule has 7 heteroatoms. The zero-order valence-electron chi connectivity index (χ0n) is 16.8. The zero-order chi connectivity index (χ0) is 20.8. The van der Waals surface area contributed by atoms with Crippen LogP contribution in [0.3, 0.4) is 0 Å². The lowest BCUT2D eigenvalue weighted by Crippen LogP contribution is -2.30. The molecule has 3 aromatic rings. The largest absolute Gasteiger partial charge is 0.373 e. The van der Waals surface area contributed by atoms with Gasteiger partial charge in [0.1, 0.15) is 5.52 Å². The molecule has 29 heavy (non-hydrogen) atoms. The van der Waals surface area contributed by atoms with Crippen LogP contribution in [-0.4, -0.2) is 23.2 Å². The van der Waals surface area contributed by atoms with Crippen molar-refractivity contribution in [2.45, 2.75) is 45.3 Å². The number of nitrogens with zero attached hydrogens (tertiary/aromatic N) is 3. The summed E-state index contributed by atoms with van der Waals surface area (Å²) in [7, 11) is 1.78. The highest BCUT2D eigenvalue weighted by molar-refractivity contribution is 6.36. The molecule has 0 bridgehead atoms. The Kier molecular flexibility index (Phi) is 5.73. The van der Waals surface area contributed by atoms with Crippen molar-refractivity contribution in [1.82, 2.24) is 9.55 Å². The molecule has 0 radical (unpaired) electrons. The molecule has 1 aliphatic heterocycles. The summed E-state index contributed by atoms with van der Waals surface area (Å²) in [5, 5.41) is 1.87. The maximum Gasteiger partial charge on any atom is 0.211 e. The number of anilines is 2. The minimum absolute atomic E-state index is 0.375. The number of methoxy groups -OCH3 is 1. The third kappa shape index (κ3) is 3.31. The number of fused-ring (bicyclic) bond motifs is 3.